The van der Waals surface area contributed by atoms with Crippen LogP contribution in [0.2, 0.25) is 0 Å². The zero-order valence-corrected chi connectivity index (χ0v) is 8.02. The van der Waals surface area contributed by atoms with Crippen molar-refractivity contribution in [2.45, 2.75) is 25.0 Å². The van der Waals surface area contributed by atoms with E-state index in [1.54, 1.807) is 0 Å². The lowest BCUT2D eigenvalue weighted by Crippen LogP contribution is -2.20. The first-order chi connectivity index (χ1) is 6.90. The van der Waals surface area contributed by atoms with Gasteiger partial charge in [0.05, 0.1) is 0 Å². The molecular weight excluding hydrogens is 178 g/mol. The van der Waals surface area contributed by atoms with E-state index >= 15 is 0 Å². The third-order valence-corrected chi connectivity index (χ3v) is 2.52. The van der Waals surface area contributed by atoms with Crippen LogP contribution in [0.4, 0.5) is 0 Å². The third kappa shape index (κ3) is 2.12. The first kappa shape index (κ1) is 9.65. The largest absolute Gasteiger partial charge is 0.396 e. The van der Waals surface area contributed by atoms with E-state index in [4.69, 9.17) is 9.94 Å². The molecule has 14 heavy (non-hydrogen) atoms. The fraction of sp³-hybridized carbons (Fsp3) is 0.455. The molecule has 0 aliphatic carbocycles. The van der Waals surface area contributed by atoms with Crippen LogP contribution in [-0.4, -0.2) is 17.8 Å². The number of rotatable bonds is 3. The van der Waals surface area contributed by atoms with E-state index in [-0.39, 0.29) is 18.8 Å². The van der Waals surface area contributed by atoms with Crippen molar-refractivity contribution < 1.29 is 9.94 Å². The van der Waals surface area contributed by atoms with Crippen LogP contribution < -0.4 is 5.48 Å². The van der Waals surface area contributed by atoms with Gasteiger partial charge in [-0.3, -0.25) is 4.84 Å². The molecule has 0 amide bonds. The molecule has 2 N–H and O–H groups in total. The molecule has 1 aromatic carbocycles. The van der Waals surface area contributed by atoms with E-state index in [1.807, 2.05) is 18.2 Å². The SMILES string of the molecule is OCCC1CC(c2ccccc2)ON1. The fourth-order valence-electron chi connectivity index (χ4n) is 1.74. The van der Waals surface area contributed by atoms with E-state index in [9.17, 15) is 0 Å². The number of hydrogen-bond acceptors (Lipinski definition) is 3. The third-order valence-electron chi connectivity index (χ3n) is 2.52. The molecule has 2 atom stereocenters. The molecule has 76 valence electrons. The average molecular weight is 193 g/mol. The van der Waals surface area contributed by atoms with Gasteiger partial charge < -0.3 is 5.11 Å². The van der Waals surface area contributed by atoms with Gasteiger partial charge in [0, 0.05) is 12.6 Å². The molecule has 1 fully saturated rings. The number of aliphatic hydroxyl groups is 1. The Morgan fingerprint density at radius 2 is 2.14 bits per heavy atom. The first-order valence-electron chi connectivity index (χ1n) is 4.97. The van der Waals surface area contributed by atoms with Crippen molar-refractivity contribution in [2.24, 2.45) is 0 Å². The fourth-order valence-corrected chi connectivity index (χ4v) is 1.74. The van der Waals surface area contributed by atoms with Crippen LogP contribution in [0.5, 0.6) is 0 Å². The molecule has 0 bridgehead atoms. The van der Waals surface area contributed by atoms with Gasteiger partial charge in [0.1, 0.15) is 6.10 Å². The predicted molar refractivity (Wildman–Crippen MR) is 53.5 cm³/mol. The molecule has 0 spiro atoms. The van der Waals surface area contributed by atoms with Crippen molar-refractivity contribution in [3.63, 3.8) is 0 Å². The summed E-state index contributed by atoms with van der Waals surface area (Å²) >= 11 is 0. The van der Waals surface area contributed by atoms with Crippen molar-refractivity contribution >= 4 is 0 Å². The number of hydrogen-bond donors (Lipinski definition) is 2. The van der Waals surface area contributed by atoms with Crippen molar-refractivity contribution in [1.29, 1.82) is 0 Å². The zero-order chi connectivity index (χ0) is 9.80. The van der Waals surface area contributed by atoms with Crippen LogP contribution >= 0.6 is 0 Å². The predicted octanol–water partition coefficient (Wildman–Crippen LogP) is 1.40. The number of benzene rings is 1. The lowest BCUT2D eigenvalue weighted by molar-refractivity contribution is 0.0236. The van der Waals surface area contributed by atoms with Crippen LogP contribution in [-0.2, 0) is 4.84 Å². The molecular formula is C11H15NO2. The van der Waals surface area contributed by atoms with Crippen LogP contribution in [0.15, 0.2) is 30.3 Å². The van der Waals surface area contributed by atoms with E-state index < -0.39 is 0 Å². The quantitative estimate of drug-likeness (QED) is 0.762. The molecule has 3 heteroatoms. The summed E-state index contributed by atoms with van der Waals surface area (Å²) in [6.45, 7) is 0.211. The lowest BCUT2D eigenvalue weighted by atomic mass is 10.0. The van der Waals surface area contributed by atoms with Gasteiger partial charge in [0.2, 0.25) is 0 Å². The Morgan fingerprint density at radius 1 is 1.36 bits per heavy atom. The normalized spacial score (nSPS) is 26.6. The summed E-state index contributed by atoms with van der Waals surface area (Å²) in [6, 6.07) is 10.4. The van der Waals surface area contributed by atoms with Gasteiger partial charge >= 0.3 is 0 Å². The number of nitrogens with one attached hydrogen (secondary N) is 1. The monoisotopic (exact) mass is 193 g/mol. The highest BCUT2D eigenvalue weighted by Gasteiger charge is 2.25. The summed E-state index contributed by atoms with van der Waals surface area (Å²) in [5, 5.41) is 8.79. The molecule has 1 heterocycles. The highest BCUT2D eigenvalue weighted by atomic mass is 16.7. The van der Waals surface area contributed by atoms with Crippen molar-refractivity contribution in [3.8, 4) is 0 Å². The van der Waals surface area contributed by atoms with Gasteiger partial charge in [-0.2, -0.15) is 5.48 Å². The molecule has 1 aromatic rings. The molecule has 1 aliphatic heterocycles. The molecule has 1 aliphatic rings. The van der Waals surface area contributed by atoms with Crippen LogP contribution in [0.3, 0.4) is 0 Å². The van der Waals surface area contributed by atoms with E-state index in [0.717, 1.165) is 12.8 Å². The van der Waals surface area contributed by atoms with Crippen LogP contribution in [0.1, 0.15) is 24.5 Å². The minimum Gasteiger partial charge on any atom is -0.396 e. The molecule has 3 nitrogen and oxygen atoms in total. The number of aliphatic hydroxyl groups excluding tert-OH is 1. The molecule has 2 unspecified atom stereocenters. The molecule has 0 saturated carbocycles. The maximum absolute atomic E-state index is 8.79. The van der Waals surface area contributed by atoms with Gasteiger partial charge in [-0.05, 0) is 18.4 Å². The Kier molecular flexibility index (Phi) is 3.14. The summed E-state index contributed by atoms with van der Waals surface area (Å²) in [5.74, 6) is 0. The van der Waals surface area contributed by atoms with Crippen molar-refractivity contribution in [3.05, 3.63) is 35.9 Å². The summed E-state index contributed by atoms with van der Waals surface area (Å²) in [5.41, 5.74) is 4.14. The van der Waals surface area contributed by atoms with Gasteiger partial charge in [-0.25, -0.2) is 0 Å². The molecule has 2 rings (SSSR count). The Hall–Kier alpha value is -0.900. The maximum atomic E-state index is 8.79. The smallest absolute Gasteiger partial charge is 0.106 e. The second-order valence-electron chi connectivity index (χ2n) is 3.58. The Balaban J connectivity index is 1.96. The summed E-state index contributed by atoms with van der Waals surface area (Å²) < 4.78 is 0. The minimum atomic E-state index is 0.132. The summed E-state index contributed by atoms with van der Waals surface area (Å²) in [7, 11) is 0. The second-order valence-corrected chi connectivity index (χ2v) is 3.58. The zero-order valence-electron chi connectivity index (χ0n) is 8.02. The Morgan fingerprint density at radius 3 is 2.86 bits per heavy atom. The summed E-state index contributed by atoms with van der Waals surface area (Å²) in [6.07, 6.45) is 1.82. The van der Waals surface area contributed by atoms with Gasteiger partial charge in [-0.1, -0.05) is 30.3 Å². The van der Waals surface area contributed by atoms with E-state index in [2.05, 4.69) is 17.6 Å². The highest BCUT2D eigenvalue weighted by Crippen LogP contribution is 2.27. The number of hydroxylamine groups is 1. The molecule has 0 radical (unpaired) electrons. The van der Waals surface area contributed by atoms with Crippen molar-refractivity contribution in [1.82, 2.24) is 5.48 Å². The highest BCUT2D eigenvalue weighted by molar-refractivity contribution is 5.18. The lowest BCUT2D eigenvalue weighted by Gasteiger charge is -2.06. The molecule has 1 saturated heterocycles. The maximum Gasteiger partial charge on any atom is 0.106 e. The summed E-state index contributed by atoms with van der Waals surface area (Å²) in [4.78, 5) is 5.44. The van der Waals surface area contributed by atoms with Gasteiger partial charge in [-0.15, -0.1) is 0 Å². The average Bonchev–Trinajstić information content (AvgIpc) is 2.68. The van der Waals surface area contributed by atoms with Gasteiger partial charge in [0.25, 0.3) is 0 Å². The Bertz CT molecular complexity index is 276. The van der Waals surface area contributed by atoms with E-state index in [1.165, 1.54) is 5.56 Å². The Labute approximate surface area is 83.7 Å². The second kappa shape index (κ2) is 4.55. The van der Waals surface area contributed by atoms with Crippen LogP contribution in [0, 0.1) is 0 Å². The first-order valence-corrected chi connectivity index (χ1v) is 4.97. The standard InChI is InChI=1S/C11H15NO2/c13-7-6-10-8-11(14-12-10)9-4-2-1-3-5-9/h1-5,10-13H,6-8H2. The minimum absolute atomic E-state index is 0.132. The van der Waals surface area contributed by atoms with E-state index in [0.29, 0.717) is 0 Å². The molecule has 0 aromatic heterocycles. The van der Waals surface area contributed by atoms with Crippen LogP contribution in [0.25, 0.3) is 0 Å². The topological polar surface area (TPSA) is 41.5 Å². The van der Waals surface area contributed by atoms with Crippen molar-refractivity contribution in [2.75, 3.05) is 6.61 Å². The van der Waals surface area contributed by atoms with Gasteiger partial charge in [0.15, 0.2) is 0 Å².